The van der Waals surface area contributed by atoms with Gasteiger partial charge in [-0.25, -0.2) is 0 Å². The SMILES string of the molecule is CC(/C=C(/C)[N]([Ge][Cl])c1ccccc1)=Nc1ccccc1. The van der Waals surface area contributed by atoms with Gasteiger partial charge in [-0.05, 0) is 0 Å². The van der Waals surface area contributed by atoms with Crippen LogP contribution in [0.3, 0.4) is 0 Å². The van der Waals surface area contributed by atoms with Crippen molar-refractivity contribution in [2.24, 2.45) is 4.99 Å². The van der Waals surface area contributed by atoms with Crippen molar-refractivity contribution in [2.45, 2.75) is 13.8 Å². The Labute approximate surface area is 137 Å². The van der Waals surface area contributed by atoms with Gasteiger partial charge in [-0.2, -0.15) is 0 Å². The van der Waals surface area contributed by atoms with E-state index < -0.39 is 14.7 Å². The molecule has 2 aromatic carbocycles. The fourth-order valence-electron chi connectivity index (χ4n) is 2.00. The molecule has 0 spiro atoms. The number of nitrogens with zero attached hydrogens (tertiary/aromatic N) is 2. The molecule has 0 aromatic heterocycles. The van der Waals surface area contributed by atoms with Gasteiger partial charge in [-0.1, -0.05) is 0 Å². The molecular weight excluding hydrogens is 340 g/mol. The predicted octanol–water partition coefficient (Wildman–Crippen LogP) is 4.96. The molecule has 0 aliphatic heterocycles. The number of para-hydroxylation sites is 2. The van der Waals surface area contributed by atoms with E-state index in [-0.39, 0.29) is 0 Å². The molecule has 4 heteroatoms. The van der Waals surface area contributed by atoms with Gasteiger partial charge in [0.25, 0.3) is 0 Å². The van der Waals surface area contributed by atoms with Gasteiger partial charge in [0.15, 0.2) is 0 Å². The number of anilines is 1. The first kappa shape index (κ1) is 15.9. The second kappa shape index (κ2) is 8.05. The summed E-state index contributed by atoms with van der Waals surface area (Å²) >= 11 is -0.723. The molecule has 21 heavy (non-hydrogen) atoms. The molecule has 0 aliphatic carbocycles. The number of hydrogen-bond acceptors (Lipinski definition) is 2. The number of aliphatic imine (C=N–C) groups is 1. The van der Waals surface area contributed by atoms with Crippen molar-refractivity contribution < 1.29 is 0 Å². The molecule has 0 N–H and O–H groups in total. The summed E-state index contributed by atoms with van der Waals surface area (Å²) in [6.07, 6.45) is 2.08. The molecule has 0 atom stereocenters. The Hall–Kier alpha value is -1.52. The standard InChI is InChI=1S/C17H17ClGeN2/c1-14(20-16-9-5-3-6-10-16)13-15(2)21(19-18)17-11-7-4-8-12-17/h3-13H,1-2H3/b15-13-,20-14?. The minimum atomic E-state index is -0.723. The van der Waals surface area contributed by atoms with Crippen LogP contribution in [0.15, 0.2) is 77.4 Å². The first-order chi connectivity index (χ1) is 10.2. The van der Waals surface area contributed by atoms with Crippen molar-refractivity contribution in [3.8, 4) is 0 Å². The van der Waals surface area contributed by atoms with Gasteiger partial charge >= 0.3 is 137 Å². The maximum absolute atomic E-state index is 6.21. The Balaban J connectivity index is 2.21. The summed E-state index contributed by atoms with van der Waals surface area (Å²) in [4.78, 5) is 4.59. The molecule has 106 valence electrons. The number of allylic oxidation sites excluding steroid dienone is 2. The van der Waals surface area contributed by atoms with Crippen LogP contribution >= 0.6 is 10.0 Å². The van der Waals surface area contributed by atoms with Crippen molar-refractivity contribution >= 4 is 41.8 Å². The fourth-order valence-corrected chi connectivity index (χ4v) is 4.13. The van der Waals surface area contributed by atoms with Crippen molar-refractivity contribution in [1.29, 1.82) is 0 Å². The van der Waals surface area contributed by atoms with Gasteiger partial charge in [-0.15, -0.1) is 0 Å². The summed E-state index contributed by atoms with van der Waals surface area (Å²) in [5.41, 5.74) is 4.19. The summed E-state index contributed by atoms with van der Waals surface area (Å²) < 4.78 is 2.17. The molecule has 0 aliphatic rings. The van der Waals surface area contributed by atoms with Crippen molar-refractivity contribution in [3.63, 3.8) is 0 Å². The van der Waals surface area contributed by atoms with Crippen LogP contribution in [0.1, 0.15) is 13.8 Å². The van der Waals surface area contributed by atoms with E-state index in [0.29, 0.717) is 0 Å². The van der Waals surface area contributed by atoms with Gasteiger partial charge in [0, 0.05) is 0 Å². The van der Waals surface area contributed by atoms with Crippen molar-refractivity contribution in [1.82, 2.24) is 0 Å². The molecular formula is C17H17ClGeN2. The monoisotopic (exact) mass is 358 g/mol. The second-order valence-corrected chi connectivity index (χ2v) is 6.80. The Bertz CT molecular complexity index is 624. The van der Waals surface area contributed by atoms with Crippen LogP contribution in [0.5, 0.6) is 0 Å². The van der Waals surface area contributed by atoms with E-state index in [0.717, 1.165) is 22.8 Å². The molecule has 2 aromatic rings. The molecule has 0 unspecified atom stereocenters. The maximum atomic E-state index is 6.21. The molecule has 0 saturated heterocycles. The van der Waals surface area contributed by atoms with E-state index in [1.54, 1.807) is 0 Å². The first-order valence-electron chi connectivity index (χ1n) is 6.71. The minimum absolute atomic E-state index is 0.723. The van der Waals surface area contributed by atoms with Crippen LogP contribution in [0, 0.1) is 0 Å². The topological polar surface area (TPSA) is 15.6 Å². The zero-order valence-electron chi connectivity index (χ0n) is 12.1. The Kier molecular flexibility index (Phi) is 6.08. The molecule has 0 heterocycles. The van der Waals surface area contributed by atoms with E-state index in [9.17, 15) is 0 Å². The summed E-state index contributed by atoms with van der Waals surface area (Å²) in [5.74, 6) is 0. The summed E-state index contributed by atoms with van der Waals surface area (Å²) in [7, 11) is 6.21. The number of benzene rings is 2. The number of halogens is 1. The molecule has 0 amide bonds. The predicted molar refractivity (Wildman–Crippen MR) is 93.5 cm³/mol. The summed E-state index contributed by atoms with van der Waals surface area (Å²) in [6.45, 7) is 4.08. The normalized spacial score (nSPS) is 12.3. The van der Waals surface area contributed by atoms with E-state index in [1.165, 1.54) is 0 Å². The zero-order chi connectivity index (χ0) is 15.1. The fraction of sp³-hybridized carbons (Fsp3) is 0.118. The Morgan fingerprint density at radius 2 is 1.57 bits per heavy atom. The summed E-state index contributed by atoms with van der Waals surface area (Å²) in [5, 5.41) is 0. The summed E-state index contributed by atoms with van der Waals surface area (Å²) in [6, 6.07) is 20.2. The molecule has 2 rings (SSSR count). The van der Waals surface area contributed by atoms with Gasteiger partial charge in [0.2, 0.25) is 0 Å². The van der Waals surface area contributed by atoms with Crippen molar-refractivity contribution in [3.05, 3.63) is 72.4 Å². The molecule has 2 radical (unpaired) electrons. The Morgan fingerprint density at radius 1 is 1.00 bits per heavy atom. The quantitative estimate of drug-likeness (QED) is 0.545. The van der Waals surface area contributed by atoms with Gasteiger partial charge in [0.1, 0.15) is 0 Å². The van der Waals surface area contributed by atoms with Crippen molar-refractivity contribution in [2.75, 3.05) is 3.86 Å². The third kappa shape index (κ3) is 4.76. The van der Waals surface area contributed by atoms with Gasteiger partial charge in [-0.3, -0.25) is 0 Å². The molecule has 0 fully saturated rings. The van der Waals surface area contributed by atoms with E-state index in [1.807, 2.05) is 55.5 Å². The zero-order valence-corrected chi connectivity index (χ0v) is 15.0. The van der Waals surface area contributed by atoms with Crippen LogP contribution in [-0.2, 0) is 0 Å². The van der Waals surface area contributed by atoms with E-state index >= 15 is 0 Å². The average molecular weight is 357 g/mol. The van der Waals surface area contributed by atoms with Crippen LogP contribution < -0.4 is 3.86 Å². The number of rotatable bonds is 5. The second-order valence-electron chi connectivity index (χ2n) is 4.63. The van der Waals surface area contributed by atoms with Crippen LogP contribution in [-0.4, -0.2) is 20.4 Å². The molecule has 0 bridgehead atoms. The third-order valence-electron chi connectivity index (χ3n) is 2.93. The van der Waals surface area contributed by atoms with E-state index in [2.05, 4.69) is 34.0 Å². The van der Waals surface area contributed by atoms with Crippen LogP contribution in [0.4, 0.5) is 11.4 Å². The van der Waals surface area contributed by atoms with E-state index in [4.69, 9.17) is 10.0 Å². The number of hydrogen-bond donors (Lipinski definition) is 0. The molecule has 0 saturated carbocycles. The van der Waals surface area contributed by atoms with Crippen LogP contribution in [0.25, 0.3) is 0 Å². The van der Waals surface area contributed by atoms with Crippen LogP contribution in [0.2, 0.25) is 0 Å². The molecule has 2 nitrogen and oxygen atoms in total. The Morgan fingerprint density at radius 3 is 2.14 bits per heavy atom. The van der Waals surface area contributed by atoms with Gasteiger partial charge < -0.3 is 0 Å². The third-order valence-corrected chi connectivity index (χ3v) is 5.45. The first-order valence-corrected chi connectivity index (χ1v) is 10.4. The average Bonchev–Trinajstić information content (AvgIpc) is 2.50. The van der Waals surface area contributed by atoms with Gasteiger partial charge in [0.05, 0.1) is 0 Å².